The molecule has 0 aliphatic carbocycles. The molecule has 33 heavy (non-hydrogen) atoms. The number of aromatic carboxylic acids is 1. The highest BCUT2D eigenvalue weighted by Gasteiger charge is 2.58. The number of carboxylic acid groups (broad SMARTS) is 1. The van der Waals surface area contributed by atoms with E-state index in [1.807, 2.05) is 0 Å². The highest BCUT2D eigenvalue weighted by atomic mass is 32.2. The molecule has 1 fully saturated rings. The quantitative estimate of drug-likeness (QED) is 0.395. The van der Waals surface area contributed by atoms with Gasteiger partial charge in [0.15, 0.2) is 11.5 Å². The number of fused-ring (bicyclic) bond motifs is 5. The van der Waals surface area contributed by atoms with Gasteiger partial charge in [0.2, 0.25) is 11.8 Å². The van der Waals surface area contributed by atoms with E-state index >= 15 is 0 Å². The van der Waals surface area contributed by atoms with Gasteiger partial charge in [0, 0.05) is 11.5 Å². The summed E-state index contributed by atoms with van der Waals surface area (Å²) in [6, 6.07) is 10.6. The van der Waals surface area contributed by atoms with Gasteiger partial charge in [-0.15, -0.1) is 0 Å². The largest absolute Gasteiger partial charge is 0.490 e. The van der Waals surface area contributed by atoms with E-state index in [0.29, 0.717) is 17.9 Å². The summed E-state index contributed by atoms with van der Waals surface area (Å²) in [4.78, 5) is 52.0. The van der Waals surface area contributed by atoms with Crippen LogP contribution < -0.4 is 20.1 Å². The molecule has 0 spiro atoms. The molecule has 3 heterocycles. The number of benzene rings is 2. The van der Waals surface area contributed by atoms with E-state index in [9.17, 15) is 19.2 Å². The van der Waals surface area contributed by atoms with Gasteiger partial charge in [-0.05, 0) is 37.3 Å². The van der Waals surface area contributed by atoms with Crippen LogP contribution in [0.5, 0.6) is 11.5 Å². The van der Waals surface area contributed by atoms with Crippen LogP contribution >= 0.6 is 11.8 Å². The van der Waals surface area contributed by atoms with Crippen LogP contribution in [0, 0.1) is 5.92 Å². The third-order valence-electron chi connectivity index (χ3n) is 5.92. The second-order valence-electron chi connectivity index (χ2n) is 7.68. The highest BCUT2D eigenvalue weighted by molar-refractivity contribution is 8.04. The lowest BCUT2D eigenvalue weighted by Crippen LogP contribution is -2.39. The number of nitrogens with two attached hydrogens (primary N) is 1. The van der Waals surface area contributed by atoms with Gasteiger partial charge in [0.1, 0.15) is 5.25 Å². The Morgan fingerprint density at radius 2 is 1.88 bits per heavy atom. The predicted octanol–water partition coefficient (Wildman–Crippen LogP) is 2.26. The summed E-state index contributed by atoms with van der Waals surface area (Å²) in [5.41, 5.74) is 7.20. The number of thioether (sulfide) groups is 1. The van der Waals surface area contributed by atoms with Gasteiger partial charge < -0.3 is 20.3 Å². The maximum atomic E-state index is 13.6. The maximum Gasteiger partial charge on any atom is 0.342 e. The standard InChI is InChI=1S/C23H18N2O7S/c1-2-31-13-5-3-4-12-14-15-18(33-19(24)16(14)23(30)32-17(12)13)21(27)25(20(15)26)11-8-6-10(7-9-11)22(28)29/h3-9,14-15,18H,2,24H2,1H3,(H,28,29)/t14-,15+,18-/m1/s1. The van der Waals surface area contributed by atoms with Gasteiger partial charge in [-0.2, -0.15) is 0 Å². The zero-order valence-electron chi connectivity index (χ0n) is 17.3. The molecule has 2 aromatic rings. The number of carbonyl (C=O) groups excluding carboxylic acids is 3. The van der Waals surface area contributed by atoms with Crippen molar-refractivity contribution in [1.29, 1.82) is 0 Å². The van der Waals surface area contributed by atoms with E-state index in [1.54, 1.807) is 25.1 Å². The van der Waals surface area contributed by atoms with Gasteiger partial charge in [-0.1, -0.05) is 23.9 Å². The first kappa shape index (κ1) is 21.1. The fourth-order valence-corrected chi connectivity index (χ4v) is 5.77. The third kappa shape index (κ3) is 3.09. The first-order valence-electron chi connectivity index (χ1n) is 10.2. The van der Waals surface area contributed by atoms with Crippen LogP contribution in [0.25, 0.3) is 0 Å². The normalized spacial score (nSPS) is 23.6. The van der Waals surface area contributed by atoms with Crippen molar-refractivity contribution in [2.75, 3.05) is 11.5 Å². The molecule has 0 bridgehead atoms. The number of anilines is 1. The Morgan fingerprint density at radius 1 is 1.15 bits per heavy atom. The van der Waals surface area contributed by atoms with Crippen LogP contribution in [0.4, 0.5) is 5.69 Å². The van der Waals surface area contributed by atoms with E-state index < -0.39 is 40.8 Å². The maximum absolute atomic E-state index is 13.6. The fourth-order valence-electron chi connectivity index (χ4n) is 4.53. The fraction of sp³-hybridized carbons (Fsp3) is 0.217. The van der Waals surface area contributed by atoms with Crippen LogP contribution in [0.3, 0.4) is 0 Å². The lowest BCUT2D eigenvalue weighted by Gasteiger charge is -2.36. The number of carboxylic acids is 1. The number of ether oxygens (including phenoxy) is 2. The van der Waals surface area contributed by atoms with Gasteiger partial charge in [-0.3, -0.25) is 9.59 Å². The smallest absolute Gasteiger partial charge is 0.342 e. The predicted molar refractivity (Wildman–Crippen MR) is 118 cm³/mol. The molecule has 0 radical (unpaired) electrons. The molecule has 3 atom stereocenters. The second kappa shape index (κ2) is 7.66. The summed E-state index contributed by atoms with van der Waals surface area (Å²) in [5, 5.41) is 8.43. The van der Waals surface area contributed by atoms with Crippen molar-refractivity contribution in [3.05, 3.63) is 64.2 Å². The van der Waals surface area contributed by atoms with E-state index in [0.717, 1.165) is 16.7 Å². The van der Waals surface area contributed by atoms with E-state index in [1.165, 1.54) is 24.3 Å². The number of imide groups is 1. The van der Waals surface area contributed by atoms with Crippen molar-refractivity contribution < 1.29 is 33.8 Å². The number of hydrogen-bond donors (Lipinski definition) is 2. The monoisotopic (exact) mass is 466 g/mol. The van der Waals surface area contributed by atoms with Crippen LogP contribution in [-0.4, -0.2) is 40.7 Å². The summed E-state index contributed by atoms with van der Waals surface area (Å²) in [7, 11) is 0. The number of amides is 2. The first-order chi connectivity index (χ1) is 15.8. The molecule has 3 aliphatic heterocycles. The van der Waals surface area contributed by atoms with E-state index in [-0.39, 0.29) is 27.6 Å². The number of rotatable bonds is 4. The minimum atomic E-state index is -1.12. The molecule has 2 aromatic carbocycles. The molecule has 0 aromatic heterocycles. The van der Waals surface area contributed by atoms with Crippen molar-refractivity contribution in [3.8, 4) is 11.5 Å². The Kier molecular flexibility index (Phi) is 4.89. The molecule has 0 unspecified atom stereocenters. The molecular weight excluding hydrogens is 448 g/mol. The second-order valence-corrected chi connectivity index (χ2v) is 8.86. The van der Waals surface area contributed by atoms with Crippen molar-refractivity contribution >= 4 is 41.2 Å². The Morgan fingerprint density at radius 3 is 2.55 bits per heavy atom. The molecule has 3 aliphatic rings. The molecular formula is C23H18N2O7S. The van der Waals surface area contributed by atoms with E-state index in [4.69, 9.17) is 20.3 Å². The number of carbonyl (C=O) groups is 4. The lowest BCUT2D eigenvalue weighted by molar-refractivity contribution is -0.132. The van der Waals surface area contributed by atoms with Gasteiger partial charge in [-0.25, -0.2) is 14.5 Å². The van der Waals surface area contributed by atoms with Crippen molar-refractivity contribution in [1.82, 2.24) is 0 Å². The minimum Gasteiger partial charge on any atom is -0.490 e. The molecule has 1 saturated heterocycles. The SMILES string of the molecule is CCOc1cccc2c1OC(=O)C1=C(N)S[C@H]3C(=O)N(c4ccc(C(=O)O)cc4)C(=O)[C@H]3[C@H]12. The van der Waals surface area contributed by atoms with Crippen molar-refractivity contribution in [2.24, 2.45) is 11.7 Å². The summed E-state index contributed by atoms with van der Waals surface area (Å²) in [6.07, 6.45) is 0. The molecule has 5 rings (SSSR count). The number of hydrogen-bond acceptors (Lipinski definition) is 8. The Balaban J connectivity index is 1.61. The minimum absolute atomic E-state index is 0.0326. The van der Waals surface area contributed by atoms with Crippen LogP contribution in [-0.2, 0) is 14.4 Å². The summed E-state index contributed by atoms with van der Waals surface area (Å²) in [6.45, 7) is 2.15. The zero-order valence-corrected chi connectivity index (χ0v) is 18.1. The molecule has 0 saturated carbocycles. The van der Waals surface area contributed by atoms with Crippen LogP contribution in [0.15, 0.2) is 53.1 Å². The molecule has 2 amide bonds. The summed E-state index contributed by atoms with van der Waals surface area (Å²) in [5.74, 6) is -3.81. The number of nitrogens with zero attached hydrogens (tertiary/aromatic N) is 1. The van der Waals surface area contributed by atoms with Gasteiger partial charge >= 0.3 is 11.9 Å². The highest BCUT2D eigenvalue weighted by Crippen LogP contribution is 2.56. The zero-order chi connectivity index (χ0) is 23.4. The van der Waals surface area contributed by atoms with Gasteiger partial charge in [0.25, 0.3) is 0 Å². The average Bonchev–Trinajstić information content (AvgIpc) is 3.04. The van der Waals surface area contributed by atoms with Crippen molar-refractivity contribution in [3.63, 3.8) is 0 Å². The molecule has 9 nitrogen and oxygen atoms in total. The molecule has 10 heteroatoms. The van der Waals surface area contributed by atoms with Gasteiger partial charge in [0.05, 0.1) is 34.4 Å². The topological polar surface area (TPSA) is 136 Å². The Labute approximate surface area is 192 Å². The summed E-state index contributed by atoms with van der Waals surface area (Å²) >= 11 is 0.973. The molecule has 168 valence electrons. The Bertz CT molecular complexity index is 1250. The third-order valence-corrected chi connectivity index (χ3v) is 7.14. The molecule has 3 N–H and O–H groups in total. The first-order valence-corrected chi connectivity index (χ1v) is 11.1. The Hall–Kier alpha value is -3.79. The number of esters is 1. The van der Waals surface area contributed by atoms with Crippen molar-refractivity contribution in [2.45, 2.75) is 18.1 Å². The lowest BCUT2D eigenvalue weighted by atomic mass is 9.77. The van der Waals surface area contributed by atoms with E-state index in [2.05, 4.69) is 0 Å². The summed E-state index contributed by atoms with van der Waals surface area (Å²) < 4.78 is 11.1. The van der Waals surface area contributed by atoms with Crippen LogP contribution in [0.2, 0.25) is 0 Å². The average molecular weight is 466 g/mol. The van der Waals surface area contributed by atoms with Crippen LogP contribution in [0.1, 0.15) is 28.8 Å². The number of para-hydroxylation sites is 1.